The molecule has 4 aliphatic rings. The fourth-order valence-electron chi connectivity index (χ4n) is 6.68. The van der Waals surface area contributed by atoms with Crippen molar-refractivity contribution in [3.05, 3.63) is 29.3 Å². The quantitative estimate of drug-likeness (QED) is 0.795. The number of hydrogen-bond acceptors (Lipinski definition) is 5. The number of benzene rings is 1. The molecule has 2 saturated heterocycles. The van der Waals surface area contributed by atoms with Gasteiger partial charge in [0, 0.05) is 18.8 Å². The third-order valence-corrected chi connectivity index (χ3v) is 8.51. The Hall–Kier alpha value is -1.14. The van der Waals surface area contributed by atoms with Crippen molar-refractivity contribution in [3.63, 3.8) is 0 Å². The van der Waals surface area contributed by atoms with E-state index in [0.717, 1.165) is 18.6 Å². The first-order valence-electron chi connectivity index (χ1n) is 11.2. The minimum Gasteiger partial charge on any atom is -0.497 e. The summed E-state index contributed by atoms with van der Waals surface area (Å²) in [4.78, 5) is 0. The Morgan fingerprint density at radius 1 is 1.21 bits per heavy atom. The number of ether oxygens (including phenoxy) is 3. The molecular formula is C24H34O5. The molecule has 5 heteroatoms. The summed E-state index contributed by atoms with van der Waals surface area (Å²) >= 11 is 0. The lowest BCUT2D eigenvalue weighted by Crippen LogP contribution is -2.59. The predicted molar refractivity (Wildman–Crippen MR) is 109 cm³/mol. The first kappa shape index (κ1) is 19.8. The van der Waals surface area contributed by atoms with Gasteiger partial charge in [0.25, 0.3) is 0 Å². The van der Waals surface area contributed by atoms with Gasteiger partial charge in [0.15, 0.2) is 5.79 Å². The van der Waals surface area contributed by atoms with Gasteiger partial charge in [-0.2, -0.15) is 0 Å². The van der Waals surface area contributed by atoms with Gasteiger partial charge >= 0.3 is 0 Å². The Kier molecular flexibility index (Phi) is 4.93. The summed E-state index contributed by atoms with van der Waals surface area (Å²) in [6.45, 7) is 3.42. The summed E-state index contributed by atoms with van der Waals surface area (Å²) in [5.74, 6) is 1.83. The van der Waals surface area contributed by atoms with Crippen molar-refractivity contribution in [1.82, 2.24) is 0 Å². The van der Waals surface area contributed by atoms with Gasteiger partial charge in [-0.05, 0) is 72.1 Å². The first-order valence-corrected chi connectivity index (χ1v) is 11.2. The van der Waals surface area contributed by atoms with E-state index in [2.05, 4.69) is 25.1 Å². The fourth-order valence-corrected chi connectivity index (χ4v) is 6.68. The van der Waals surface area contributed by atoms with Crippen LogP contribution in [0.4, 0.5) is 0 Å². The van der Waals surface area contributed by atoms with Gasteiger partial charge in [-0.3, -0.25) is 0 Å². The zero-order valence-corrected chi connectivity index (χ0v) is 17.6. The summed E-state index contributed by atoms with van der Waals surface area (Å²) in [7, 11) is 1.74. The van der Waals surface area contributed by atoms with Crippen LogP contribution in [0.2, 0.25) is 0 Å². The summed E-state index contributed by atoms with van der Waals surface area (Å²) in [5.41, 5.74) is 3.14. The molecule has 7 atom stereocenters. The zero-order valence-electron chi connectivity index (χ0n) is 17.6. The number of hydrogen-bond donors (Lipinski definition) is 2. The van der Waals surface area contributed by atoms with E-state index in [4.69, 9.17) is 14.2 Å². The van der Waals surface area contributed by atoms with E-state index >= 15 is 0 Å². The van der Waals surface area contributed by atoms with E-state index in [1.54, 1.807) is 7.11 Å². The second kappa shape index (κ2) is 7.23. The van der Waals surface area contributed by atoms with Gasteiger partial charge < -0.3 is 24.4 Å². The Labute approximate surface area is 173 Å². The SMILES string of the molecule is COc1ccc2c(c1)CC[C@@H]1[C@@H]2CC[C@]2(C)CO[C@@]3(CC(O)[C@H](CO)CO3)C[C@@H]12. The number of aryl methyl sites for hydroxylation is 1. The smallest absolute Gasteiger partial charge is 0.171 e. The fraction of sp³-hybridized carbons (Fsp3) is 0.750. The van der Waals surface area contributed by atoms with E-state index in [0.29, 0.717) is 37.4 Å². The number of aliphatic hydroxyl groups is 2. The second-order valence-electron chi connectivity index (χ2n) is 10.1. The number of methoxy groups -OCH3 is 1. The molecule has 0 bridgehead atoms. The lowest BCUT2D eigenvalue weighted by atomic mass is 9.52. The van der Waals surface area contributed by atoms with E-state index < -0.39 is 11.9 Å². The van der Waals surface area contributed by atoms with Crippen molar-refractivity contribution in [2.24, 2.45) is 23.2 Å². The van der Waals surface area contributed by atoms with Crippen molar-refractivity contribution in [2.75, 3.05) is 26.9 Å². The Bertz CT molecular complexity index is 766. The molecule has 160 valence electrons. The van der Waals surface area contributed by atoms with Crippen LogP contribution in [0.1, 0.15) is 56.1 Å². The molecule has 0 aromatic heterocycles. The highest BCUT2D eigenvalue weighted by Gasteiger charge is 2.57. The predicted octanol–water partition coefficient (Wildman–Crippen LogP) is 3.26. The Morgan fingerprint density at radius 2 is 2.07 bits per heavy atom. The summed E-state index contributed by atoms with van der Waals surface area (Å²) in [6.07, 6.45) is 5.44. The average molecular weight is 403 g/mol. The van der Waals surface area contributed by atoms with Crippen LogP contribution in [0.15, 0.2) is 18.2 Å². The van der Waals surface area contributed by atoms with Gasteiger partial charge in [0.1, 0.15) is 5.75 Å². The van der Waals surface area contributed by atoms with Crippen LogP contribution in [-0.2, 0) is 15.9 Å². The Balaban J connectivity index is 1.41. The maximum absolute atomic E-state index is 10.5. The first-order chi connectivity index (χ1) is 14.0. The average Bonchev–Trinajstić information content (AvgIpc) is 2.74. The maximum atomic E-state index is 10.5. The highest BCUT2D eigenvalue weighted by Crippen LogP contribution is 2.60. The molecule has 2 aliphatic heterocycles. The van der Waals surface area contributed by atoms with Crippen LogP contribution in [0.25, 0.3) is 0 Å². The third-order valence-electron chi connectivity index (χ3n) is 8.51. The molecule has 5 rings (SSSR count). The standard InChI is InChI=1S/C24H34O5/c1-23-8-7-19-18-6-4-17(27-2)9-15(18)3-5-20(19)21(23)10-24(29-14-23)11-22(26)16(12-25)13-28-24/h4,6,9,16,19-22,25-26H,3,5,7-8,10-14H2,1-2H3/t16-,19-,20-,21+,22?,23-,24-/m1/s1. The summed E-state index contributed by atoms with van der Waals surface area (Å²) < 4.78 is 18.0. The number of fused-ring (bicyclic) bond motifs is 5. The minimum atomic E-state index is -0.683. The van der Waals surface area contributed by atoms with E-state index in [9.17, 15) is 10.2 Å². The molecule has 2 heterocycles. The molecule has 1 saturated carbocycles. The molecule has 1 unspecified atom stereocenters. The highest BCUT2D eigenvalue weighted by molar-refractivity contribution is 5.40. The highest BCUT2D eigenvalue weighted by atomic mass is 16.7. The second-order valence-corrected chi connectivity index (χ2v) is 10.1. The van der Waals surface area contributed by atoms with Gasteiger partial charge in [0.2, 0.25) is 0 Å². The van der Waals surface area contributed by atoms with Crippen LogP contribution in [-0.4, -0.2) is 49.0 Å². The molecule has 29 heavy (non-hydrogen) atoms. The van der Waals surface area contributed by atoms with E-state index in [1.165, 1.54) is 30.4 Å². The molecule has 2 aliphatic carbocycles. The molecular weight excluding hydrogens is 368 g/mol. The molecule has 0 amide bonds. The van der Waals surface area contributed by atoms with Gasteiger partial charge in [-0.15, -0.1) is 0 Å². The summed E-state index contributed by atoms with van der Waals surface area (Å²) in [6, 6.07) is 6.62. The lowest BCUT2D eigenvalue weighted by molar-refractivity contribution is -0.334. The van der Waals surface area contributed by atoms with Crippen LogP contribution < -0.4 is 4.74 Å². The largest absolute Gasteiger partial charge is 0.497 e. The van der Waals surface area contributed by atoms with E-state index in [-0.39, 0.29) is 17.9 Å². The van der Waals surface area contributed by atoms with Crippen LogP contribution in [0, 0.1) is 23.2 Å². The van der Waals surface area contributed by atoms with Crippen LogP contribution in [0.5, 0.6) is 5.75 Å². The van der Waals surface area contributed by atoms with Crippen molar-refractivity contribution >= 4 is 0 Å². The summed E-state index contributed by atoms with van der Waals surface area (Å²) in [5, 5.41) is 20.0. The number of rotatable bonds is 2. The van der Waals surface area contributed by atoms with E-state index in [1.807, 2.05) is 0 Å². The van der Waals surface area contributed by atoms with Gasteiger partial charge in [-0.25, -0.2) is 0 Å². The minimum absolute atomic E-state index is 0.0384. The number of aliphatic hydroxyl groups excluding tert-OH is 2. The maximum Gasteiger partial charge on any atom is 0.171 e. The van der Waals surface area contributed by atoms with Crippen molar-refractivity contribution in [1.29, 1.82) is 0 Å². The zero-order chi connectivity index (χ0) is 20.2. The van der Waals surface area contributed by atoms with Crippen LogP contribution in [0.3, 0.4) is 0 Å². The third kappa shape index (κ3) is 3.21. The molecule has 5 nitrogen and oxygen atoms in total. The molecule has 3 fully saturated rings. The van der Waals surface area contributed by atoms with Crippen LogP contribution >= 0.6 is 0 Å². The van der Waals surface area contributed by atoms with Crippen molar-refractivity contribution in [3.8, 4) is 5.75 Å². The molecule has 1 aromatic carbocycles. The van der Waals surface area contributed by atoms with Crippen molar-refractivity contribution < 1.29 is 24.4 Å². The molecule has 2 N–H and O–H groups in total. The lowest BCUT2D eigenvalue weighted by Gasteiger charge is -2.59. The normalized spacial score (nSPS) is 43.9. The van der Waals surface area contributed by atoms with Crippen molar-refractivity contribution in [2.45, 2.75) is 63.3 Å². The molecule has 0 radical (unpaired) electrons. The Morgan fingerprint density at radius 3 is 2.83 bits per heavy atom. The molecule has 1 aromatic rings. The van der Waals surface area contributed by atoms with Gasteiger partial charge in [0.05, 0.1) is 33.0 Å². The topological polar surface area (TPSA) is 68.2 Å². The molecule has 1 spiro atoms. The monoisotopic (exact) mass is 402 g/mol. The van der Waals surface area contributed by atoms with Gasteiger partial charge in [-0.1, -0.05) is 13.0 Å².